The van der Waals surface area contributed by atoms with Crippen LogP contribution >= 0.6 is 11.6 Å². The van der Waals surface area contributed by atoms with Crippen molar-refractivity contribution in [2.75, 3.05) is 17.0 Å². The van der Waals surface area contributed by atoms with Crippen LogP contribution in [-0.2, 0) is 20.9 Å². The van der Waals surface area contributed by atoms with Crippen molar-refractivity contribution in [3.05, 3.63) is 86.9 Å². The van der Waals surface area contributed by atoms with Gasteiger partial charge in [0, 0.05) is 30.8 Å². The van der Waals surface area contributed by atoms with Crippen LogP contribution in [0.4, 0.5) is 17.1 Å². The van der Waals surface area contributed by atoms with Crippen LogP contribution < -0.4 is 19.7 Å². The first-order valence-electron chi connectivity index (χ1n) is 12.0. The van der Waals surface area contributed by atoms with E-state index in [1.807, 2.05) is 0 Å². The molecule has 1 unspecified atom stereocenters. The lowest BCUT2D eigenvalue weighted by molar-refractivity contribution is -0.384. The van der Waals surface area contributed by atoms with E-state index in [1.54, 1.807) is 30.3 Å². The number of benzene rings is 3. The van der Waals surface area contributed by atoms with Crippen LogP contribution in [0.5, 0.6) is 11.5 Å². The summed E-state index contributed by atoms with van der Waals surface area (Å²) >= 11 is 5.93. The summed E-state index contributed by atoms with van der Waals surface area (Å²) in [6, 6.07) is 13.5. The summed E-state index contributed by atoms with van der Waals surface area (Å²) in [5.41, 5.74) is 0.792. The van der Waals surface area contributed by atoms with Crippen molar-refractivity contribution in [2.24, 2.45) is 0 Å². The van der Waals surface area contributed by atoms with Crippen molar-refractivity contribution in [2.45, 2.75) is 25.9 Å². The molecule has 1 N–H and O–H groups in total. The zero-order valence-corrected chi connectivity index (χ0v) is 21.7. The Morgan fingerprint density at radius 1 is 1.07 bits per heavy atom. The molecule has 1 saturated heterocycles. The third-order valence-corrected chi connectivity index (χ3v) is 6.71. The zero-order chi connectivity index (χ0) is 28.6. The Morgan fingerprint density at radius 2 is 1.80 bits per heavy atom. The summed E-state index contributed by atoms with van der Waals surface area (Å²) in [5, 5.41) is 13.9. The second kappa shape index (κ2) is 10.7. The average molecular weight is 565 g/mol. The van der Waals surface area contributed by atoms with Gasteiger partial charge in [-0.2, -0.15) is 0 Å². The van der Waals surface area contributed by atoms with Crippen LogP contribution in [0.2, 0.25) is 5.02 Å². The Hall–Kier alpha value is -4.97. The molecule has 2 heterocycles. The van der Waals surface area contributed by atoms with Crippen molar-refractivity contribution >= 4 is 52.3 Å². The number of amides is 4. The van der Waals surface area contributed by atoms with Crippen molar-refractivity contribution in [1.29, 1.82) is 0 Å². The maximum absolute atomic E-state index is 13.8. The van der Waals surface area contributed by atoms with Crippen molar-refractivity contribution in [3.8, 4) is 11.5 Å². The van der Waals surface area contributed by atoms with Gasteiger partial charge in [-0.3, -0.25) is 29.3 Å². The highest BCUT2D eigenvalue weighted by Gasteiger charge is 2.45. The van der Waals surface area contributed by atoms with Gasteiger partial charge in [-0.1, -0.05) is 17.7 Å². The van der Waals surface area contributed by atoms with Gasteiger partial charge < -0.3 is 19.7 Å². The van der Waals surface area contributed by atoms with Gasteiger partial charge in [-0.25, -0.2) is 4.90 Å². The van der Waals surface area contributed by atoms with E-state index in [4.69, 9.17) is 21.1 Å². The highest BCUT2D eigenvalue weighted by Crippen LogP contribution is 2.35. The number of nitrogens with zero attached hydrogens (tertiary/aromatic N) is 3. The number of nitro benzene ring substituents is 1. The van der Waals surface area contributed by atoms with Crippen molar-refractivity contribution < 1.29 is 33.6 Å². The number of rotatable bonds is 7. The molecule has 0 aliphatic carbocycles. The van der Waals surface area contributed by atoms with E-state index in [2.05, 4.69) is 5.32 Å². The molecule has 0 saturated carbocycles. The summed E-state index contributed by atoms with van der Waals surface area (Å²) in [4.78, 5) is 64.7. The van der Waals surface area contributed by atoms with Crippen LogP contribution in [0.25, 0.3) is 0 Å². The number of anilines is 2. The van der Waals surface area contributed by atoms with E-state index in [0.29, 0.717) is 22.7 Å². The number of fused-ring (bicyclic) bond motifs is 1. The zero-order valence-electron chi connectivity index (χ0n) is 21.0. The highest BCUT2D eigenvalue weighted by atomic mass is 35.5. The Bertz CT molecular complexity index is 1560. The fourth-order valence-corrected chi connectivity index (χ4v) is 4.73. The lowest BCUT2D eigenvalue weighted by atomic mass is 10.1. The van der Waals surface area contributed by atoms with Gasteiger partial charge in [0.2, 0.25) is 18.6 Å². The average Bonchev–Trinajstić information content (AvgIpc) is 3.50. The largest absolute Gasteiger partial charge is 0.454 e. The summed E-state index contributed by atoms with van der Waals surface area (Å²) in [5.74, 6) is -1.17. The van der Waals surface area contributed by atoms with Crippen LogP contribution in [0.3, 0.4) is 0 Å². The number of nitrogens with one attached hydrogen (secondary N) is 1. The second-order valence-electron chi connectivity index (χ2n) is 9.06. The molecule has 5 rings (SSSR count). The molecule has 12 nitrogen and oxygen atoms in total. The maximum atomic E-state index is 13.8. The molecule has 40 heavy (non-hydrogen) atoms. The number of halogens is 1. The Labute approximate surface area is 232 Å². The van der Waals surface area contributed by atoms with Crippen LogP contribution in [0.15, 0.2) is 60.7 Å². The van der Waals surface area contributed by atoms with Crippen LogP contribution in [-0.4, -0.2) is 46.3 Å². The smallest absolute Gasteiger partial charge is 0.288 e. The summed E-state index contributed by atoms with van der Waals surface area (Å²) in [7, 11) is 0. The van der Waals surface area contributed by atoms with Gasteiger partial charge in [-0.05, 0) is 54.1 Å². The molecule has 3 aromatic rings. The Balaban J connectivity index is 1.49. The van der Waals surface area contributed by atoms with E-state index < -0.39 is 34.4 Å². The molecule has 0 bridgehead atoms. The van der Waals surface area contributed by atoms with Gasteiger partial charge in [0.1, 0.15) is 11.1 Å². The molecule has 0 spiro atoms. The first-order valence-corrected chi connectivity index (χ1v) is 12.4. The van der Waals surface area contributed by atoms with E-state index in [1.165, 1.54) is 36.1 Å². The highest BCUT2D eigenvalue weighted by molar-refractivity contribution is 6.32. The normalized spacial score (nSPS) is 15.8. The van der Waals surface area contributed by atoms with Crippen molar-refractivity contribution in [3.63, 3.8) is 0 Å². The number of hydrogen-bond donors (Lipinski definition) is 1. The third-order valence-electron chi connectivity index (χ3n) is 6.39. The molecule has 1 fully saturated rings. The molecule has 4 amide bonds. The van der Waals surface area contributed by atoms with Crippen LogP contribution in [0.1, 0.15) is 29.3 Å². The SMILES string of the molecule is CC(=O)Nc1ccc(N2C(=O)CC(N(Cc3ccc4c(c3)OCO4)C(=O)c3ccc(Cl)c([N+](=O)[O-])c3)C2=O)cc1. The first-order chi connectivity index (χ1) is 19.1. The molecule has 0 aromatic heterocycles. The molecule has 2 aliphatic rings. The number of carbonyl (C=O) groups excluding carboxylic acids is 4. The lowest BCUT2D eigenvalue weighted by Crippen LogP contribution is -2.45. The molecular weight excluding hydrogens is 544 g/mol. The lowest BCUT2D eigenvalue weighted by Gasteiger charge is -2.28. The van der Waals surface area contributed by atoms with Crippen molar-refractivity contribution in [1.82, 2.24) is 4.90 Å². The number of carbonyl (C=O) groups is 4. The molecule has 2 aliphatic heterocycles. The topological polar surface area (TPSA) is 148 Å². The third kappa shape index (κ3) is 5.16. The molecule has 3 aromatic carbocycles. The fraction of sp³-hybridized carbons (Fsp3) is 0.185. The minimum absolute atomic E-state index is 0.0428. The quantitative estimate of drug-likeness (QED) is 0.258. The number of nitro groups is 1. The maximum Gasteiger partial charge on any atom is 0.288 e. The monoisotopic (exact) mass is 564 g/mol. The van der Waals surface area contributed by atoms with E-state index in [0.717, 1.165) is 11.0 Å². The van der Waals surface area contributed by atoms with Gasteiger partial charge in [0.05, 0.1) is 17.0 Å². The first kappa shape index (κ1) is 26.6. The van der Waals surface area contributed by atoms with E-state index >= 15 is 0 Å². The Morgan fingerprint density at radius 3 is 2.50 bits per heavy atom. The summed E-state index contributed by atoms with van der Waals surface area (Å²) in [6.07, 6.45) is -0.307. The minimum Gasteiger partial charge on any atom is -0.454 e. The van der Waals surface area contributed by atoms with Gasteiger partial charge >= 0.3 is 0 Å². The van der Waals surface area contributed by atoms with E-state index in [-0.39, 0.29) is 41.9 Å². The van der Waals surface area contributed by atoms with Gasteiger partial charge in [-0.15, -0.1) is 0 Å². The molecule has 13 heteroatoms. The second-order valence-corrected chi connectivity index (χ2v) is 9.47. The standard InChI is InChI=1S/C27H21ClN4O8/c1-15(33)29-18-4-6-19(7-5-18)31-25(34)12-22(27(31)36)30(13-16-2-9-23-24(10-16)40-14-39-23)26(35)17-3-8-20(28)21(11-17)32(37)38/h2-11,22H,12-14H2,1H3,(H,29,33). The fourth-order valence-electron chi connectivity index (χ4n) is 4.54. The van der Waals surface area contributed by atoms with Gasteiger partial charge in [0.25, 0.3) is 17.5 Å². The summed E-state index contributed by atoms with van der Waals surface area (Å²) < 4.78 is 10.8. The molecule has 1 atom stereocenters. The van der Waals surface area contributed by atoms with Gasteiger partial charge in [0.15, 0.2) is 11.5 Å². The predicted molar refractivity (Wildman–Crippen MR) is 142 cm³/mol. The predicted octanol–water partition coefficient (Wildman–Crippen LogP) is 3.91. The molecular formula is C27H21ClN4O8. The number of ether oxygens (including phenoxy) is 2. The molecule has 204 valence electrons. The van der Waals surface area contributed by atoms with Crippen LogP contribution in [0, 0.1) is 10.1 Å². The van der Waals surface area contributed by atoms with E-state index in [9.17, 15) is 29.3 Å². The Kier molecular flexibility index (Phi) is 7.09. The number of hydrogen-bond acceptors (Lipinski definition) is 8. The minimum atomic E-state index is -1.20. The number of imide groups is 1. The summed E-state index contributed by atoms with van der Waals surface area (Å²) in [6.45, 7) is 1.29. The molecule has 0 radical (unpaired) electrons.